The Morgan fingerprint density at radius 3 is 2.70 bits per heavy atom. The average Bonchev–Trinajstić information content (AvgIpc) is 2.51. The second-order valence-corrected chi connectivity index (χ2v) is 4.86. The van der Waals surface area contributed by atoms with E-state index in [9.17, 15) is 0 Å². The predicted molar refractivity (Wildman–Crippen MR) is 79.9 cm³/mol. The van der Waals surface area contributed by atoms with Crippen LogP contribution in [0.5, 0.6) is 17.2 Å². The summed E-state index contributed by atoms with van der Waals surface area (Å²) in [5, 5.41) is 0. The van der Waals surface area contributed by atoms with Gasteiger partial charge in [-0.1, -0.05) is 19.9 Å². The molecule has 1 aliphatic rings. The highest BCUT2D eigenvalue weighted by molar-refractivity contribution is 5.51. The standard InChI is InChI=1S/C16H25NO3/c1-3-17(4-2)10-5-6-11-18-14-8-7-9-15-16(14)20-13-12-19-15/h7-9H,3-6,10-13H2,1-2H3. The smallest absolute Gasteiger partial charge is 0.203 e. The molecule has 0 atom stereocenters. The van der Waals surface area contributed by atoms with Crippen LogP contribution < -0.4 is 14.2 Å². The van der Waals surface area contributed by atoms with Crippen molar-refractivity contribution >= 4 is 0 Å². The van der Waals surface area contributed by atoms with Crippen molar-refractivity contribution in [1.82, 2.24) is 4.90 Å². The van der Waals surface area contributed by atoms with E-state index in [-0.39, 0.29) is 0 Å². The zero-order valence-electron chi connectivity index (χ0n) is 12.6. The number of unbranched alkanes of at least 4 members (excludes halogenated alkanes) is 1. The van der Waals surface area contributed by atoms with Gasteiger partial charge in [0.2, 0.25) is 5.75 Å². The van der Waals surface area contributed by atoms with Crippen LogP contribution in [0.2, 0.25) is 0 Å². The Balaban J connectivity index is 1.74. The quantitative estimate of drug-likeness (QED) is 0.685. The third kappa shape index (κ3) is 4.04. The summed E-state index contributed by atoms with van der Waals surface area (Å²) in [4.78, 5) is 2.43. The number of hydrogen-bond acceptors (Lipinski definition) is 4. The van der Waals surface area contributed by atoms with Crippen LogP contribution in [0.4, 0.5) is 0 Å². The first-order valence-corrected chi connectivity index (χ1v) is 7.59. The summed E-state index contributed by atoms with van der Waals surface area (Å²) in [6, 6.07) is 5.80. The molecule has 112 valence electrons. The van der Waals surface area contributed by atoms with Gasteiger partial charge in [-0.3, -0.25) is 0 Å². The van der Waals surface area contributed by atoms with Crippen molar-refractivity contribution < 1.29 is 14.2 Å². The molecule has 0 N–H and O–H groups in total. The van der Waals surface area contributed by atoms with Crippen molar-refractivity contribution in [3.8, 4) is 17.2 Å². The van der Waals surface area contributed by atoms with Crippen molar-refractivity contribution in [2.24, 2.45) is 0 Å². The third-order valence-corrected chi connectivity index (χ3v) is 3.55. The molecule has 0 saturated carbocycles. The lowest BCUT2D eigenvalue weighted by Crippen LogP contribution is -2.24. The lowest BCUT2D eigenvalue weighted by atomic mass is 10.2. The summed E-state index contributed by atoms with van der Waals surface area (Å²) in [5.41, 5.74) is 0. The molecule has 0 unspecified atom stereocenters. The van der Waals surface area contributed by atoms with Gasteiger partial charge in [-0.05, 0) is 44.6 Å². The molecule has 4 nitrogen and oxygen atoms in total. The second kappa shape index (κ2) is 8.00. The van der Waals surface area contributed by atoms with E-state index in [1.165, 1.54) is 0 Å². The molecule has 0 spiro atoms. The summed E-state index contributed by atoms with van der Waals surface area (Å²) in [6.45, 7) is 9.71. The zero-order valence-corrected chi connectivity index (χ0v) is 12.6. The Bertz CT molecular complexity index is 405. The highest BCUT2D eigenvalue weighted by Gasteiger charge is 2.16. The highest BCUT2D eigenvalue weighted by atomic mass is 16.6. The molecule has 2 rings (SSSR count). The first-order valence-electron chi connectivity index (χ1n) is 7.59. The number of ether oxygens (including phenoxy) is 3. The SMILES string of the molecule is CCN(CC)CCCCOc1cccc2c1OCCO2. The van der Waals surface area contributed by atoms with Gasteiger partial charge in [0, 0.05) is 0 Å². The fourth-order valence-electron chi connectivity index (χ4n) is 2.32. The minimum Gasteiger partial charge on any atom is -0.490 e. The molecule has 20 heavy (non-hydrogen) atoms. The molecule has 0 saturated heterocycles. The van der Waals surface area contributed by atoms with Crippen LogP contribution in [0.15, 0.2) is 18.2 Å². The number of para-hydroxylation sites is 1. The number of nitrogens with zero attached hydrogens (tertiary/aromatic N) is 1. The van der Waals surface area contributed by atoms with E-state index in [0.717, 1.165) is 56.3 Å². The molecule has 0 bridgehead atoms. The Hall–Kier alpha value is -1.42. The zero-order chi connectivity index (χ0) is 14.2. The van der Waals surface area contributed by atoms with E-state index in [0.29, 0.717) is 13.2 Å². The topological polar surface area (TPSA) is 30.9 Å². The Morgan fingerprint density at radius 1 is 1.10 bits per heavy atom. The van der Waals surface area contributed by atoms with Crippen LogP contribution in [0.1, 0.15) is 26.7 Å². The largest absolute Gasteiger partial charge is 0.490 e. The van der Waals surface area contributed by atoms with Gasteiger partial charge in [0.15, 0.2) is 11.5 Å². The molecular weight excluding hydrogens is 254 g/mol. The molecule has 0 aliphatic carbocycles. The molecular formula is C16H25NO3. The molecule has 1 aliphatic heterocycles. The van der Waals surface area contributed by atoms with Gasteiger partial charge in [-0.15, -0.1) is 0 Å². The summed E-state index contributed by atoms with van der Waals surface area (Å²) < 4.78 is 17.0. The van der Waals surface area contributed by atoms with E-state index in [2.05, 4.69) is 18.7 Å². The van der Waals surface area contributed by atoms with Crippen LogP contribution >= 0.6 is 0 Å². The van der Waals surface area contributed by atoms with Crippen molar-refractivity contribution in [3.05, 3.63) is 18.2 Å². The van der Waals surface area contributed by atoms with E-state index in [1.807, 2.05) is 18.2 Å². The van der Waals surface area contributed by atoms with Crippen molar-refractivity contribution in [2.45, 2.75) is 26.7 Å². The summed E-state index contributed by atoms with van der Waals surface area (Å²) in [7, 11) is 0. The Labute approximate surface area is 121 Å². The Morgan fingerprint density at radius 2 is 1.90 bits per heavy atom. The van der Waals surface area contributed by atoms with Crippen LogP contribution in [-0.4, -0.2) is 44.4 Å². The molecule has 1 aromatic carbocycles. The van der Waals surface area contributed by atoms with Gasteiger partial charge in [0.05, 0.1) is 6.61 Å². The van der Waals surface area contributed by atoms with E-state index >= 15 is 0 Å². The van der Waals surface area contributed by atoms with E-state index < -0.39 is 0 Å². The minimum absolute atomic E-state index is 0.593. The van der Waals surface area contributed by atoms with Crippen molar-refractivity contribution in [3.63, 3.8) is 0 Å². The molecule has 1 aromatic rings. The van der Waals surface area contributed by atoms with Crippen LogP contribution in [0.3, 0.4) is 0 Å². The van der Waals surface area contributed by atoms with E-state index in [4.69, 9.17) is 14.2 Å². The molecule has 0 radical (unpaired) electrons. The molecule has 1 heterocycles. The number of fused-ring (bicyclic) bond motifs is 1. The normalized spacial score (nSPS) is 13.6. The van der Waals surface area contributed by atoms with E-state index in [1.54, 1.807) is 0 Å². The van der Waals surface area contributed by atoms with Gasteiger partial charge >= 0.3 is 0 Å². The number of rotatable bonds is 8. The first-order chi connectivity index (χ1) is 9.85. The molecule has 0 aromatic heterocycles. The fourth-order valence-corrected chi connectivity index (χ4v) is 2.32. The fraction of sp³-hybridized carbons (Fsp3) is 0.625. The highest BCUT2D eigenvalue weighted by Crippen LogP contribution is 2.38. The Kier molecular flexibility index (Phi) is 5.99. The monoisotopic (exact) mass is 279 g/mol. The lowest BCUT2D eigenvalue weighted by Gasteiger charge is -2.21. The van der Waals surface area contributed by atoms with Crippen molar-refractivity contribution in [2.75, 3.05) is 39.5 Å². The summed E-state index contributed by atoms with van der Waals surface area (Å²) in [5.74, 6) is 2.34. The molecule has 4 heteroatoms. The van der Waals surface area contributed by atoms with Crippen molar-refractivity contribution in [1.29, 1.82) is 0 Å². The van der Waals surface area contributed by atoms with Gasteiger partial charge in [0.25, 0.3) is 0 Å². The average molecular weight is 279 g/mol. The number of benzene rings is 1. The van der Waals surface area contributed by atoms with Gasteiger partial charge in [-0.25, -0.2) is 0 Å². The molecule has 0 amide bonds. The van der Waals surface area contributed by atoms with Gasteiger partial charge in [0.1, 0.15) is 13.2 Å². The maximum atomic E-state index is 5.83. The summed E-state index contributed by atoms with van der Waals surface area (Å²) in [6.07, 6.45) is 2.22. The van der Waals surface area contributed by atoms with Crippen LogP contribution in [0, 0.1) is 0 Å². The maximum Gasteiger partial charge on any atom is 0.203 e. The third-order valence-electron chi connectivity index (χ3n) is 3.55. The van der Waals surface area contributed by atoms with Crippen LogP contribution in [-0.2, 0) is 0 Å². The lowest BCUT2D eigenvalue weighted by molar-refractivity contribution is 0.161. The first kappa shape index (κ1) is 15.0. The molecule has 0 fully saturated rings. The number of hydrogen-bond donors (Lipinski definition) is 0. The minimum atomic E-state index is 0.593. The van der Waals surface area contributed by atoms with Gasteiger partial charge in [-0.2, -0.15) is 0 Å². The second-order valence-electron chi connectivity index (χ2n) is 4.86. The maximum absolute atomic E-state index is 5.83. The van der Waals surface area contributed by atoms with Gasteiger partial charge < -0.3 is 19.1 Å². The van der Waals surface area contributed by atoms with Crippen LogP contribution in [0.25, 0.3) is 0 Å². The summed E-state index contributed by atoms with van der Waals surface area (Å²) >= 11 is 0. The predicted octanol–water partition coefficient (Wildman–Crippen LogP) is 2.96.